The molecule has 0 atom stereocenters. The van der Waals surface area contributed by atoms with Gasteiger partial charge in [-0.2, -0.15) is 0 Å². The molecule has 2 rings (SSSR count). The fourth-order valence-corrected chi connectivity index (χ4v) is 2.34. The highest BCUT2D eigenvalue weighted by atomic mass is 35.5. The topological polar surface area (TPSA) is 57.6 Å². The van der Waals surface area contributed by atoms with Crippen LogP contribution in [0.4, 0.5) is 5.69 Å². The van der Waals surface area contributed by atoms with Gasteiger partial charge >= 0.3 is 5.97 Å². The highest BCUT2D eigenvalue weighted by Crippen LogP contribution is 2.22. The molecule has 0 fully saturated rings. The Balaban J connectivity index is 2.37. The van der Waals surface area contributed by atoms with Gasteiger partial charge in [-0.3, -0.25) is 9.59 Å². The van der Waals surface area contributed by atoms with Crippen molar-refractivity contribution in [1.29, 1.82) is 0 Å². The van der Waals surface area contributed by atoms with Gasteiger partial charge in [0.05, 0.1) is 6.42 Å². The maximum atomic E-state index is 12.8. The minimum Gasteiger partial charge on any atom is -0.481 e. The minimum atomic E-state index is -0.954. The molecule has 1 N–H and O–H groups in total. The van der Waals surface area contributed by atoms with Crippen LogP contribution < -0.4 is 4.90 Å². The summed E-state index contributed by atoms with van der Waals surface area (Å²) in [5.41, 5.74) is 1.98. The highest BCUT2D eigenvalue weighted by molar-refractivity contribution is 6.31. The molecule has 2 aromatic rings. The molecule has 0 radical (unpaired) electrons. The van der Waals surface area contributed by atoms with Gasteiger partial charge in [0.25, 0.3) is 5.91 Å². The van der Waals surface area contributed by atoms with Crippen molar-refractivity contribution in [2.24, 2.45) is 0 Å². The lowest BCUT2D eigenvalue weighted by atomic mass is 10.1. The third-order valence-corrected chi connectivity index (χ3v) is 3.52. The quantitative estimate of drug-likeness (QED) is 0.913. The molecular weight excluding hydrogens is 302 g/mol. The van der Waals surface area contributed by atoms with Crippen molar-refractivity contribution in [2.75, 3.05) is 11.4 Å². The van der Waals surface area contributed by atoms with E-state index >= 15 is 0 Å². The molecule has 114 valence electrons. The van der Waals surface area contributed by atoms with Gasteiger partial charge in [0.1, 0.15) is 0 Å². The molecule has 22 heavy (non-hydrogen) atoms. The lowest BCUT2D eigenvalue weighted by Crippen LogP contribution is -2.33. The number of aryl methyl sites for hydroxylation is 1. The van der Waals surface area contributed by atoms with E-state index in [0.717, 1.165) is 5.56 Å². The van der Waals surface area contributed by atoms with Gasteiger partial charge < -0.3 is 10.0 Å². The first-order valence-corrected chi connectivity index (χ1v) is 7.21. The summed E-state index contributed by atoms with van der Waals surface area (Å²) in [5, 5.41) is 9.40. The van der Waals surface area contributed by atoms with Crippen LogP contribution >= 0.6 is 11.6 Å². The van der Waals surface area contributed by atoms with Crippen molar-refractivity contribution in [3.8, 4) is 0 Å². The summed E-state index contributed by atoms with van der Waals surface area (Å²) in [4.78, 5) is 25.1. The summed E-state index contributed by atoms with van der Waals surface area (Å²) >= 11 is 5.98. The number of nitrogens with zero attached hydrogens (tertiary/aromatic N) is 1. The zero-order chi connectivity index (χ0) is 16.1. The molecule has 0 aliphatic carbocycles. The standard InChI is InChI=1S/C17H16ClNO3/c1-12-5-2-3-8-15(12)17(22)19(10-9-16(20)21)14-7-4-6-13(18)11-14/h2-8,11H,9-10H2,1H3,(H,20,21). The lowest BCUT2D eigenvalue weighted by Gasteiger charge is -2.23. The van der Waals surface area contributed by atoms with Crippen LogP contribution in [0.3, 0.4) is 0 Å². The van der Waals surface area contributed by atoms with Gasteiger partial charge in [-0.25, -0.2) is 0 Å². The van der Waals surface area contributed by atoms with E-state index < -0.39 is 5.97 Å². The van der Waals surface area contributed by atoms with Crippen molar-refractivity contribution in [3.05, 3.63) is 64.7 Å². The molecule has 2 aromatic carbocycles. The zero-order valence-corrected chi connectivity index (χ0v) is 12.9. The summed E-state index contributed by atoms with van der Waals surface area (Å²) in [6.07, 6.45) is -0.135. The number of halogens is 1. The Kier molecular flexibility index (Phi) is 5.17. The van der Waals surface area contributed by atoms with Gasteiger partial charge in [0.15, 0.2) is 0 Å². The number of hydrogen-bond donors (Lipinski definition) is 1. The second kappa shape index (κ2) is 7.09. The number of anilines is 1. The number of rotatable bonds is 5. The number of amides is 1. The van der Waals surface area contributed by atoms with Crippen molar-refractivity contribution in [2.45, 2.75) is 13.3 Å². The van der Waals surface area contributed by atoms with Gasteiger partial charge in [0.2, 0.25) is 0 Å². The normalized spacial score (nSPS) is 10.3. The molecule has 4 nitrogen and oxygen atoms in total. The molecule has 0 aliphatic heterocycles. The molecular formula is C17H16ClNO3. The predicted octanol–water partition coefficient (Wildman–Crippen LogP) is 3.77. The SMILES string of the molecule is Cc1ccccc1C(=O)N(CCC(=O)O)c1cccc(Cl)c1. The Bertz CT molecular complexity index is 700. The zero-order valence-electron chi connectivity index (χ0n) is 12.1. The molecule has 0 heterocycles. The van der Waals surface area contributed by atoms with E-state index in [-0.39, 0.29) is 18.9 Å². The fraction of sp³-hybridized carbons (Fsp3) is 0.176. The summed E-state index contributed by atoms with van der Waals surface area (Å²) in [6.45, 7) is 1.93. The van der Waals surface area contributed by atoms with Crippen molar-refractivity contribution >= 4 is 29.2 Å². The van der Waals surface area contributed by atoms with Crippen molar-refractivity contribution in [1.82, 2.24) is 0 Å². The third-order valence-electron chi connectivity index (χ3n) is 3.29. The van der Waals surface area contributed by atoms with Gasteiger partial charge in [0, 0.05) is 22.8 Å². The first-order chi connectivity index (χ1) is 10.5. The van der Waals surface area contributed by atoms with E-state index in [0.29, 0.717) is 16.3 Å². The summed E-state index contributed by atoms with van der Waals surface area (Å²) in [7, 11) is 0. The molecule has 0 aliphatic rings. The number of hydrogen-bond acceptors (Lipinski definition) is 2. The summed E-state index contributed by atoms with van der Waals surface area (Å²) in [6, 6.07) is 14.1. The van der Waals surface area contributed by atoms with Crippen LogP contribution in [0.2, 0.25) is 5.02 Å². The van der Waals surface area contributed by atoms with Crippen LogP contribution in [-0.4, -0.2) is 23.5 Å². The number of carbonyl (C=O) groups is 2. The molecule has 0 saturated carbocycles. The van der Waals surface area contributed by atoms with E-state index in [1.54, 1.807) is 36.4 Å². The van der Waals surface area contributed by atoms with E-state index in [1.807, 2.05) is 19.1 Å². The lowest BCUT2D eigenvalue weighted by molar-refractivity contribution is -0.136. The first-order valence-electron chi connectivity index (χ1n) is 6.84. The van der Waals surface area contributed by atoms with E-state index in [2.05, 4.69) is 0 Å². The first kappa shape index (κ1) is 16.0. The third kappa shape index (κ3) is 3.86. The molecule has 0 bridgehead atoms. The van der Waals surface area contributed by atoms with Crippen LogP contribution in [-0.2, 0) is 4.79 Å². The molecule has 0 aromatic heterocycles. The monoisotopic (exact) mass is 317 g/mol. The Labute approximate surface area is 133 Å². The van der Waals surface area contributed by atoms with E-state index in [4.69, 9.17) is 16.7 Å². The van der Waals surface area contributed by atoms with Crippen LogP contribution in [0.1, 0.15) is 22.3 Å². The van der Waals surface area contributed by atoms with Crippen molar-refractivity contribution < 1.29 is 14.7 Å². The molecule has 0 saturated heterocycles. The maximum Gasteiger partial charge on any atom is 0.305 e. The van der Waals surface area contributed by atoms with Crippen molar-refractivity contribution in [3.63, 3.8) is 0 Å². The second-order valence-corrected chi connectivity index (χ2v) is 5.33. The Hall–Kier alpha value is -2.33. The smallest absolute Gasteiger partial charge is 0.305 e. The Morgan fingerprint density at radius 3 is 2.50 bits per heavy atom. The van der Waals surface area contributed by atoms with Gasteiger partial charge in [-0.1, -0.05) is 35.9 Å². The van der Waals surface area contributed by atoms with E-state index in [1.165, 1.54) is 4.90 Å². The number of carbonyl (C=O) groups excluding carboxylic acids is 1. The van der Waals surface area contributed by atoms with Crippen LogP contribution in [0.25, 0.3) is 0 Å². The summed E-state index contributed by atoms with van der Waals surface area (Å²) < 4.78 is 0. The molecule has 0 spiro atoms. The van der Waals surface area contributed by atoms with E-state index in [9.17, 15) is 9.59 Å². The Morgan fingerprint density at radius 1 is 1.14 bits per heavy atom. The van der Waals surface area contributed by atoms with Crippen LogP contribution in [0.15, 0.2) is 48.5 Å². The molecule has 5 heteroatoms. The number of carboxylic acids is 1. The average molecular weight is 318 g/mol. The Morgan fingerprint density at radius 2 is 1.86 bits per heavy atom. The fourth-order valence-electron chi connectivity index (χ4n) is 2.16. The number of carboxylic acid groups (broad SMARTS) is 1. The number of benzene rings is 2. The minimum absolute atomic E-state index is 0.0862. The highest BCUT2D eigenvalue weighted by Gasteiger charge is 2.20. The molecule has 0 unspecified atom stereocenters. The second-order valence-electron chi connectivity index (χ2n) is 4.90. The largest absolute Gasteiger partial charge is 0.481 e. The predicted molar refractivity (Wildman–Crippen MR) is 86.6 cm³/mol. The summed E-state index contributed by atoms with van der Waals surface area (Å²) in [5.74, 6) is -1.19. The maximum absolute atomic E-state index is 12.8. The van der Waals surface area contributed by atoms with Crippen LogP contribution in [0.5, 0.6) is 0 Å². The van der Waals surface area contributed by atoms with Gasteiger partial charge in [-0.15, -0.1) is 0 Å². The van der Waals surface area contributed by atoms with Crippen LogP contribution in [0, 0.1) is 6.92 Å². The number of aliphatic carboxylic acids is 1. The average Bonchev–Trinajstić information content (AvgIpc) is 2.47. The van der Waals surface area contributed by atoms with Gasteiger partial charge in [-0.05, 0) is 36.8 Å². The molecule has 1 amide bonds.